The number of likely N-dealkylation sites (tertiary alicyclic amines) is 1. The van der Waals surface area contributed by atoms with Crippen LogP contribution in [-0.2, 0) is 4.79 Å². The van der Waals surface area contributed by atoms with E-state index in [9.17, 15) is 4.79 Å². The Morgan fingerprint density at radius 2 is 1.57 bits per heavy atom. The molecule has 0 aromatic rings. The van der Waals surface area contributed by atoms with Gasteiger partial charge in [0, 0.05) is 18.5 Å². The van der Waals surface area contributed by atoms with Crippen molar-refractivity contribution in [3.63, 3.8) is 0 Å². The Labute approximate surface area is 86.7 Å². The lowest BCUT2D eigenvalue weighted by Crippen LogP contribution is -2.41. The molecule has 2 fully saturated rings. The van der Waals surface area contributed by atoms with Gasteiger partial charge in [0.05, 0.1) is 0 Å². The first-order valence-electron chi connectivity index (χ1n) is 6.02. The molecule has 2 rings (SSSR count). The molecule has 0 aromatic carbocycles. The Bertz CT molecular complexity index is 212. The molecule has 2 nitrogen and oxygen atoms in total. The predicted octanol–water partition coefficient (Wildman–Crippen LogP) is 2.58. The third-order valence-corrected chi connectivity index (χ3v) is 3.87. The minimum atomic E-state index is -0.0113. The van der Waals surface area contributed by atoms with Gasteiger partial charge in [-0.3, -0.25) is 4.79 Å². The van der Waals surface area contributed by atoms with Crippen molar-refractivity contribution < 1.29 is 4.79 Å². The Morgan fingerprint density at radius 3 is 2.14 bits per heavy atom. The van der Waals surface area contributed by atoms with E-state index >= 15 is 0 Å². The fraction of sp³-hybridized carbons (Fsp3) is 0.917. The van der Waals surface area contributed by atoms with Crippen molar-refractivity contribution in [1.82, 2.24) is 4.90 Å². The van der Waals surface area contributed by atoms with Gasteiger partial charge < -0.3 is 4.90 Å². The Kier molecular flexibility index (Phi) is 2.80. The van der Waals surface area contributed by atoms with Gasteiger partial charge in [-0.25, -0.2) is 0 Å². The van der Waals surface area contributed by atoms with E-state index in [1.54, 1.807) is 0 Å². The smallest absolute Gasteiger partial charge is 0.228 e. The zero-order valence-corrected chi connectivity index (χ0v) is 9.22. The number of nitrogens with zero attached hydrogens (tertiary/aromatic N) is 1. The zero-order chi connectivity index (χ0) is 10.0. The standard InChI is InChI=1S/C12H21NO/c1-12(7-3-2-4-8-12)11(14)13-9-5-6-10-13/h2-10H2,1H3. The second kappa shape index (κ2) is 3.92. The summed E-state index contributed by atoms with van der Waals surface area (Å²) in [6.07, 6.45) is 8.46. The highest BCUT2D eigenvalue weighted by molar-refractivity contribution is 5.82. The lowest BCUT2D eigenvalue weighted by atomic mass is 9.75. The van der Waals surface area contributed by atoms with Gasteiger partial charge in [0.1, 0.15) is 0 Å². The molecule has 2 heteroatoms. The van der Waals surface area contributed by atoms with E-state index in [4.69, 9.17) is 0 Å². The summed E-state index contributed by atoms with van der Waals surface area (Å²) in [6, 6.07) is 0. The third-order valence-electron chi connectivity index (χ3n) is 3.87. The summed E-state index contributed by atoms with van der Waals surface area (Å²) >= 11 is 0. The average Bonchev–Trinajstić information content (AvgIpc) is 2.70. The molecule has 1 saturated carbocycles. The normalized spacial score (nSPS) is 26.5. The molecule has 0 bridgehead atoms. The number of carbonyl (C=O) groups is 1. The molecule has 14 heavy (non-hydrogen) atoms. The fourth-order valence-electron chi connectivity index (χ4n) is 2.85. The number of hydrogen-bond donors (Lipinski definition) is 0. The van der Waals surface area contributed by atoms with Crippen molar-refractivity contribution in [2.75, 3.05) is 13.1 Å². The predicted molar refractivity (Wildman–Crippen MR) is 57.0 cm³/mol. The van der Waals surface area contributed by atoms with Crippen molar-refractivity contribution in [3.8, 4) is 0 Å². The van der Waals surface area contributed by atoms with Crippen LogP contribution in [0.25, 0.3) is 0 Å². The summed E-state index contributed by atoms with van der Waals surface area (Å²) in [7, 11) is 0. The molecule has 0 aromatic heterocycles. The van der Waals surface area contributed by atoms with Gasteiger partial charge in [-0.2, -0.15) is 0 Å². The Balaban J connectivity index is 2.00. The number of hydrogen-bond acceptors (Lipinski definition) is 1. The summed E-state index contributed by atoms with van der Waals surface area (Å²) in [6.45, 7) is 4.19. The molecular formula is C12H21NO. The highest BCUT2D eigenvalue weighted by Crippen LogP contribution is 2.37. The Hall–Kier alpha value is -0.530. The highest BCUT2D eigenvalue weighted by Gasteiger charge is 2.38. The van der Waals surface area contributed by atoms with Gasteiger partial charge in [0.25, 0.3) is 0 Å². The number of amides is 1. The first-order chi connectivity index (χ1) is 6.72. The average molecular weight is 195 g/mol. The van der Waals surface area contributed by atoms with E-state index in [1.807, 2.05) is 0 Å². The third kappa shape index (κ3) is 1.79. The van der Waals surface area contributed by atoms with E-state index < -0.39 is 0 Å². The largest absolute Gasteiger partial charge is 0.342 e. The maximum absolute atomic E-state index is 12.2. The monoisotopic (exact) mass is 195 g/mol. The SMILES string of the molecule is CC1(C(=O)N2CCCC2)CCCCC1. The first-order valence-corrected chi connectivity index (χ1v) is 6.02. The van der Waals surface area contributed by atoms with Crippen LogP contribution in [0, 0.1) is 5.41 Å². The van der Waals surface area contributed by atoms with Gasteiger partial charge in [-0.15, -0.1) is 0 Å². The van der Waals surface area contributed by atoms with Gasteiger partial charge in [-0.05, 0) is 25.7 Å². The van der Waals surface area contributed by atoms with Crippen molar-refractivity contribution in [2.45, 2.75) is 51.9 Å². The first kappa shape index (κ1) is 10.0. The molecule has 1 aliphatic carbocycles. The molecule has 1 saturated heterocycles. The van der Waals surface area contributed by atoms with Crippen LogP contribution in [0.15, 0.2) is 0 Å². The summed E-state index contributed by atoms with van der Waals surface area (Å²) in [5.41, 5.74) is -0.0113. The molecule has 0 atom stereocenters. The van der Waals surface area contributed by atoms with E-state index in [2.05, 4.69) is 11.8 Å². The van der Waals surface area contributed by atoms with Crippen LogP contribution in [0.5, 0.6) is 0 Å². The molecule has 0 spiro atoms. The van der Waals surface area contributed by atoms with Gasteiger partial charge in [0.2, 0.25) is 5.91 Å². The maximum atomic E-state index is 12.2. The van der Waals surface area contributed by atoms with Crippen LogP contribution >= 0.6 is 0 Å². The van der Waals surface area contributed by atoms with Crippen LogP contribution in [-0.4, -0.2) is 23.9 Å². The summed E-state index contributed by atoms with van der Waals surface area (Å²) < 4.78 is 0. The van der Waals surface area contributed by atoms with Crippen LogP contribution in [0.2, 0.25) is 0 Å². The molecule has 0 radical (unpaired) electrons. The maximum Gasteiger partial charge on any atom is 0.228 e. The van der Waals surface area contributed by atoms with Crippen molar-refractivity contribution in [1.29, 1.82) is 0 Å². The van der Waals surface area contributed by atoms with Gasteiger partial charge >= 0.3 is 0 Å². The molecule has 0 N–H and O–H groups in total. The summed E-state index contributed by atoms with van der Waals surface area (Å²) in [4.78, 5) is 14.3. The number of rotatable bonds is 1. The van der Waals surface area contributed by atoms with Crippen molar-refractivity contribution in [3.05, 3.63) is 0 Å². The quantitative estimate of drug-likeness (QED) is 0.629. The minimum absolute atomic E-state index is 0.0113. The molecule has 1 amide bonds. The van der Waals surface area contributed by atoms with Gasteiger partial charge in [-0.1, -0.05) is 26.2 Å². The fourth-order valence-corrected chi connectivity index (χ4v) is 2.85. The van der Waals surface area contributed by atoms with Crippen molar-refractivity contribution >= 4 is 5.91 Å². The van der Waals surface area contributed by atoms with E-state index in [-0.39, 0.29) is 5.41 Å². The van der Waals surface area contributed by atoms with E-state index in [1.165, 1.54) is 32.1 Å². The molecule has 1 heterocycles. The number of carbonyl (C=O) groups excluding carboxylic acids is 1. The second-order valence-corrected chi connectivity index (χ2v) is 5.12. The van der Waals surface area contributed by atoms with Crippen LogP contribution < -0.4 is 0 Å². The lowest BCUT2D eigenvalue weighted by Gasteiger charge is -2.35. The summed E-state index contributed by atoms with van der Waals surface area (Å²) in [5, 5.41) is 0. The van der Waals surface area contributed by atoms with E-state index in [0.717, 1.165) is 25.9 Å². The second-order valence-electron chi connectivity index (χ2n) is 5.12. The molecule has 1 aliphatic heterocycles. The van der Waals surface area contributed by atoms with Crippen LogP contribution in [0.1, 0.15) is 51.9 Å². The van der Waals surface area contributed by atoms with E-state index in [0.29, 0.717) is 5.91 Å². The van der Waals surface area contributed by atoms with Gasteiger partial charge in [0.15, 0.2) is 0 Å². The molecule has 0 unspecified atom stereocenters. The van der Waals surface area contributed by atoms with Crippen molar-refractivity contribution in [2.24, 2.45) is 5.41 Å². The Morgan fingerprint density at radius 1 is 1.00 bits per heavy atom. The zero-order valence-electron chi connectivity index (χ0n) is 9.22. The highest BCUT2D eigenvalue weighted by atomic mass is 16.2. The topological polar surface area (TPSA) is 20.3 Å². The molecule has 2 aliphatic rings. The van der Waals surface area contributed by atoms with Crippen LogP contribution in [0.4, 0.5) is 0 Å². The molecule has 80 valence electrons. The molecular weight excluding hydrogens is 174 g/mol. The minimum Gasteiger partial charge on any atom is -0.342 e. The van der Waals surface area contributed by atoms with Crippen LogP contribution in [0.3, 0.4) is 0 Å². The lowest BCUT2D eigenvalue weighted by molar-refractivity contribution is -0.141. The summed E-state index contributed by atoms with van der Waals surface area (Å²) in [5.74, 6) is 0.440.